The van der Waals surface area contributed by atoms with E-state index in [-0.39, 0.29) is 5.54 Å². The summed E-state index contributed by atoms with van der Waals surface area (Å²) in [5.41, 5.74) is 1.23. The third-order valence-electron chi connectivity index (χ3n) is 4.82. The number of aromatic nitrogens is 1. The molecule has 1 atom stereocenters. The Hall–Kier alpha value is -1.62. The Kier molecular flexibility index (Phi) is 7.03. The van der Waals surface area contributed by atoms with E-state index < -0.39 is 0 Å². The zero-order valence-electron chi connectivity index (χ0n) is 15.7. The minimum atomic E-state index is 0.132. The summed E-state index contributed by atoms with van der Waals surface area (Å²) in [6.07, 6.45) is 5.40. The van der Waals surface area contributed by atoms with Crippen LogP contribution in [0.4, 0.5) is 0 Å². The number of nitrogens with one attached hydrogen (secondary N) is 2. The second kappa shape index (κ2) is 9.02. The van der Waals surface area contributed by atoms with Gasteiger partial charge in [0.2, 0.25) is 0 Å². The van der Waals surface area contributed by atoms with Crippen LogP contribution in [-0.2, 0) is 6.42 Å². The highest BCUT2D eigenvalue weighted by molar-refractivity contribution is 5.79. The van der Waals surface area contributed by atoms with Gasteiger partial charge in [-0.3, -0.25) is 14.9 Å². The Morgan fingerprint density at radius 1 is 1.38 bits per heavy atom. The Bertz CT molecular complexity index is 512. The number of hydrogen-bond acceptors (Lipinski definition) is 3. The molecule has 134 valence electrons. The van der Waals surface area contributed by atoms with Gasteiger partial charge in [0.05, 0.1) is 0 Å². The number of likely N-dealkylation sites (tertiary alicyclic amines) is 1. The number of pyridine rings is 1. The molecule has 1 fully saturated rings. The van der Waals surface area contributed by atoms with Crippen molar-refractivity contribution in [2.45, 2.75) is 45.6 Å². The molecule has 2 rings (SSSR count). The lowest BCUT2D eigenvalue weighted by atomic mass is 9.93. The zero-order valence-corrected chi connectivity index (χ0v) is 15.7. The molecule has 1 aliphatic rings. The van der Waals surface area contributed by atoms with Crippen molar-refractivity contribution in [3.8, 4) is 0 Å². The van der Waals surface area contributed by atoms with E-state index in [1.807, 2.05) is 25.4 Å². The van der Waals surface area contributed by atoms with Crippen molar-refractivity contribution in [3.05, 3.63) is 30.1 Å². The van der Waals surface area contributed by atoms with Crippen LogP contribution < -0.4 is 10.6 Å². The minimum Gasteiger partial charge on any atom is -0.356 e. The molecule has 1 aliphatic heterocycles. The zero-order chi connectivity index (χ0) is 17.4. The molecule has 0 amide bonds. The summed E-state index contributed by atoms with van der Waals surface area (Å²) in [5, 5.41) is 6.87. The molecule has 0 saturated carbocycles. The monoisotopic (exact) mass is 331 g/mol. The molecule has 0 radical (unpaired) electrons. The van der Waals surface area contributed by atoms with E-state index in [0.717, 1.165) is 37.1 Å². The van der Waals surface area contributed by atoms with Gasteiger partial charge in [0.15, 0.2) is 5.96 Å². The fourth-order valence-electron chi connectivity index (χ4n) is 3.23. The molecule has 0 spiro atoms. The molecule has 1 aromatic rings. The van der Waals surface area contributed by atoms with Crippen molar-refractivity contribution < 1.29 is 0 Å². The minimum absolute atomic E-state index is 0.132. The third kappa shape index (κ3) is 5.78. The van der Waals surface area contributed by atoms with Gasteiger partial charge in [0, 0.05) is 50.5 Å². The predicted molar refractivity (Wildman–Crippen MR) is 101 cm³/mol. The molecule has 0 aliphatic carbocycles. The summed E-state index contributed by atoms with van der Waals surface area (Å²) in [6, 6.07) is 6.02. The van der Waals surface area contributed by atoms with Crippen molar-refractivity contribution in [3.63, 3.8) is 0 Å². The van der Waals surface area contributed by atoms with Gasteiger partial charge in [0.25, 0.3) is 0 Å². The normalized spacial score (nSPS) is 20.0. The Morgan fingerprint density at radius 3 is 2.88 bits per heavy atom. The molecule has 24 heavy (non-hydrogen) atoms. The van der Waals surface area contributed by atoms with E-state index in [1.54, 1.807) is 0 Å². The number of aliphatic imine (C=N–C) groups is 1. The molecule has 1 aromatic heterocycles. The van der Waals surface area contributed by atoms with Crippen molar-refractivity contribution in [2.75, 3.05) is 33.2 Å². The second-order valence-electron chi connectivity index (χ2n) is 7.43. The summed E-state index contributed by atoms with van der Waals surface area (Å²) in [4.78, 5) is 11.3. The average molecular weight is 332 g/mol. The first kappa shape index (κ1) is 18.7. The summed E-state index contributed by atoms with van der Waals surface area (Å²) in [7, 11) is 1.83. The third-order valence-corrected chi connectivity index (χ3v) is 4.82. The maximum atomic E-state index is 4.35. The van der Waals surface area contributed by atoms with Crippen LogP contribution in [0.15, 0.2) is 29.4 Å². The Labute approximate surface area is 147 Å². The van der Waals surface area contributed by atoms with Crippen molar-refractivity contribution in [2.24, 2.45) is 10.9 Å². The first-order valence-electron chi connectivity index (χ1n) is 9.11. The van der Waals surface area contributed by atoms with E-state index >= 15 is 0 Å². The van der Waals surface area contributed by atoms with Crippen LogP contribution in [0.1, 0.15) is 39.3 Å². The van der Waals surface area contributed by atoms with E-state index in [0.29, 0.717) is 0 Å². The first-order chi connectivity index (χ1) is 11.5. The number of hydrogen-bond donors (Lipinski definition) is 2. The average Bonchev–Trinajstić information content (AvgIpc) is 2.59. The Balaban J connectivity index is 1.76. The van der Waals surface area contributed by atoms with Crippen LogP contribution in [0.3, 0.4) is 0 Å². The van der Waals surface area contributed by atoms with Crippen molar-refractivity contribution >= 4 is 5.96 Å². The second-order valence-corrected chi connectivity index (χ2v) is 7.43. The number of piperidine rings is 1. The summed E-state index contributed by atoms with van der Waals surface area (Å²) in [5.74, 6) is 1.66. The topological polar surface area (TPSA) is 52.6 Å². The lowest BCUT2D eigenvalue weighted by molar-refractivity contribution is 0.0739. The molecule has 2 heterocycles. The van der Waals surface area contributed by atoms with Gasteiger partial charge in [-0.25, -0.2) is 0 Å². The number of rotatable bonds is 6. The fraction of sp³-hybridized carbons (Fsp3) is 0.684. The maximum Gasteiger partial charge on any atom is 0.191 e. The largest absolute Gasteiger partial charge is 0.356 e. The highest BCUT2D eigenvalue weighted by Gasteiger charge is 2.30. The molecule has 0 bridgehead atoms. The molecule has 5 nitrogen and oxygen atoms in total. The first-order valence-corrected chi connectivity index (χ1v) is 9.11. The van der Waals surface area contributed by atoms with Gasteiger partial charge in [0.1, 0.15) is 0 Å². The van der Waals surface area contributed by atoms with E-state index in [4.69, 9.17) is 0 Å². The van der Waals surface area contributed by atoms with Gasteiger partial charge in [-0.1, -0.05) is 13.0 Å². The molecule has 2 N–H and O–H groups in total. The van der Waals surface area contributed by atoms with Crippen LogP contribution in [0, 0.1) is 5.92 Å². The molecule has 0 aromatic carbocycles. The van der Waals surface area contributed by atoms with E-state index in [1.165, 1.54) is 25.9 Å². The SMILES string of the molecule is CN=C(NCCc1ccccn1)NCC(C)(C)N1CCCC(C)C1. The standard InChI is InChI=1S/C19H33N5/c1-16-8-7-13-24(14-16)19(2,3)15-23-18(20-4)22-12-10-17-9-5-6-11-21-17/h5-6,9,11,16H,7-8,10,12-15H2,1-4H3,(H2,20,22,23). The summed E-state index contributed by atoms with van der Waals surface area (Å²) in [6.45, 7) is 11.1. The highest BCUT2D eigenvalue weighted by Crippen LogP contribution is 2.23. The van der Waals surface area contributed by atoms with Gasteiger partial charge in [-0.15, -0.1) is 0 Å². The van der Waals surface area contributed by atoms with Gasteiger partial charge in [-0.05, 0) is 51.3 Å². The fourth-order valence-corrected chi connectivity index (χ4v) is 3.23. The number of guanidine groups is 1. The van der Waals surface area contributed by atoms with Gasteiger partial charge in [-0.2, -0.15) is 0 Å². The van der Waals surface area contributed by atoms with Crippen molar-refractivity contribution in [1.29, 1.82) is 0 Å². The Morgan fingerprint density at radius 2 is 2.21 bits per heavy atom. The van der Waals surface area contributed by atoms with E-state index in [2.05, 4.69) is 52.3 Å². The van der Waals surface area contributed by atoms with Crippen LogP contribution in [0.25, 0.3) is 0 Å². The maximum absolute atomic E-state index is 4.35. The summed E-state index contributed by atoms with van der Waals surface area (Å²) >= 11 is 0. The lowest BCUT2D eigenvalue weighted by Crippen LogP contribution is -2.56. The number of nitrogens with zero attached hydrogens (tertiary/aromatic N) is 3. The molecular formula is C19H33N5. The quantitative estimate of drug-likeness (QED) is 0.620. The molecule has 1 saturated heterocycles. The van der Waals surface area contributed by atoms with Crippen LogP contribution >= 0.6 is 0 Å². The molecule has 1 unspecified atom stereocenters. The molecule has 5 heteroatoms. The van der Waals surface area contributed by atoms with Crippen LogP contribution in [-0.4, -0.2) is 54.6 Å². The smallest absolute Gasteiger partial charge is 0.191 e. The lowest BCUT2D eigenvalue weighted by Gasteiger charge is -2.43. The predicted octanol–water partition coefficient (Wildman–Crippen LogP) is 2.30. The van der Waals surface area contributed by atoms with Crippen LogP contribution in [0.2, 0.25) is 0 Å². The van der Waals surface area contributed by atoms with Crippen molar-refractivity contribution in [1.82, 2.24) is 20.5 Å². The van der Waals surface area contributed by atoms with Gasteiger partial charge >= 0.3 is 0 Å². The van der Waals surface area contributed by atoms with Crippen LogP contribution in [0.5, 0.6) is 0 Å². The van der Waals surface area contributed by atoms with Gasteiger partial charge < -0.3 is 10.6 Å². The van der Waals surface area contributed by atoms with E-state index in [9.17, 15) is 0 Å². The highest BCUT2D eigenvalue weighted by atomic mass is 15.2. The molecular weight excluding hydrogens is 298 g/mol. The summed E-state index contributed by atoms with van der Waals surface area (Å²) < 4.78 is 0.